The molecule has 0 saturated heterocycles. The second kappa shape index (κ2) is 9.50. The summed E-state index contributed by atoms with van der Waals surface area (Å²) in [7, 11) is 0. The van der Waals surface area contributed by atoms with Crippen molar-refractivity contribution in [3.8, 4) is 44.5 Å². The molecule has 0 nitrogen and oxygen atoms in total. The van der Waals surface area contributed by atoms with E-state index in [9.17, 15) is 9.60 Å². The van der Waals surface area contributed by atoms with E-state index >= 15 is 0 Å². The number of hydrogen-bond acceptors (Lipinski definition) is 0. The Morgan fingerprint density at radius 1 is 0.263 bits per heavy atom. The molecule has 0 amide bonds. The summed E-state index contributed by atoms with van der Waals surface area (Å²) in [6, 6.07) is -25.6. The van der Waals surface area contributed by atoms with Crippen LogP contribution in [0.1, 0.15) is 35.6 Å². The number of hydrogen-bond donors (Lipinski definition) is 0. The van der Waals surface area contributed by atoms with Crippen LogP contribution in [0.3, 0.4) is 0 Å². The fourth-order valence-electron chi connectivity index (χ4n) is 4.06. The minimum atomic E-state index is -1.09. The summed E-state index contributed by atoms with van der Waals surface area (Å²) < 4.78 is 229. The van der Waals surface area contributed by atoms with E-state index in [0.717, 1.165) is 0 Å². The van der Waals surface area contributed by atoms with Gasteiger partial charge in [-0.1, -0.05) is 145 Å². The molecule has 7 aromatic carbocycles. The Morgan fingerprint density at radius 3 is 1.29 bits per heavy atom. The first-order valence-electron chi connectivity index (χ1n) is 24.0. The van der Waals surface area contributed by atoms with E-state index in [0.29, 0.717) is 0 Å². The smallest absolute Gasteiger partial charge is 0.0622 e. The summed E-state index contributed by atoms with van der Waals surface area (Å²) in [4.78, 5) is 0. The molecule has 0 fully saturated rings. The second-order valence-corrected chi connectivity index (χ2v) is 7.75. The predicted octanol–water partition coefficient (Wildman–Crippen LogP) is 10.7. The normalized spacial score (nSPS) is 20.7. The van der Waals surface area contributed by atoms with Crippen molar-refractivity contribution in [1.29, 1.82) is 0 Å². The van der Waals surface area contributed by atoms with Crippen molar-refractivity contribution >= 4 is 21.5 Å². The van der Waals surface area contributed by atoms with Gasteiger partial charge >= 0.3 is 0 Å². The Balaban J connectivity index is 1.94. The van der Waals surface area contributed by atoms with Crippen molar-refractivity contribution in [3.63, 3.8) is 0 Å². The maximum Gasteiger partial charge on any atom is 0.0636 e. The van der Waals surface area contributed by atoms with Gasteiger partial charge in [0, 0.05) is 0 Å². The molecule has 7 rings (SSSR count). The van der Waals surface area contributed by atoms with Crippen LogP contribution in [0.25, 0.3) is 66.1 Å². The molecule has 0 heterocycles. The van der Waals surface area contributed by atoms with Gasteiger partial charge in [-0.05, 0) is 78.1 Å². The van der Waals surface area contributed by atoms with Crippen molar-refractivity contribution < 1.29 is 35.6 Å². The van der Waals surface area contributed by atoms with Gasteiger partial charge in [0.2, 0.25) is 0 Å². The van der Waals surface area contributed by atoms with Crippen LogP contribution in [0.5, 0.6) is 0 Å². The molecule has 0 heteroatoms. The highest BCUT2D eigenvalue weighted by atomic mass is 14.2. The van der Waals surface area contributed by atoms with E-state index in [1.807, 2.05) is 0 Å². The van der Waals surface area contributed by atoms with Gasteiger partial charge in [0.25, 0.3) is 0 Å². The topological polar surface area (TPSA) is 0 Å². The SMILES string of the molecule is [2H]c1c([2H])c([2H])c(-c2c([2H])c([2H])c([2H])c(-c3c4c([2H])c([2H])c([2H])c([2H])c4c(-c4c([2H])c([2H])c([2H])c([2H])c4[2H])c4c([2H])c(-c5c([2H])c([2H])c([2H])c([2H])c5[2H])c([2H])c([2H])c34)c2[2H])c([2H])c1[2H]. The van der Waals surface area contributed by atoms with Crippen LogP contribution in [0, 0.1) is 0 Å². The number of rotatable bonds is 4. The Labute approximate surface area is 260 Å². The molecular weight excluding hydrogens is 456 g/mol. The Morgan fingerprint density at radius 2 is 0.684 bits per heavy atom. The largest absolute Gasteiger partial charge is 0.0636 e. The second-order valence-electron chi connectivity index (χ2n) is 7.75. The summed E-state index contributed by atoms with van der Waals surface area (Å²) in [6.45, 7) is 0. The zero-order chi connectivity index (χ0) is 47.9. The number of fused-ring (bicyclic) bond motifs is 2. The minimum Gasteiger partial charge on any atom is -0.0622 e. The fraction of sp³-hybridized carbons (Fsp3) is 0. The highest BCUT2D eigenvalue weighted by molar-refractivity contribution is 6.22. The molecule has 0 aliphatic rings. The fourth-order valence-corrected chi connectivity index (χ4v) is 4.06. The van der Waals surface area contributed by atoms with Gasteiger partial charge < -0.3 is 0 Å². The molecule has 0 aromatic heterocycles. The van der Waals surface area contributed by atoms with E-state index in [1.54, 1.807) is 0 Å². The van der Waals surface area contributed by atoms with Crippen LogP contribution in [0.4, 0.5) is 0 Å². The molecule has 0 atom stereocenters. The Kier molecular flexibility index (Phi) is 2.01. The van der Waals surface area contributed by atoms with Crippen LogP contribution >= 0.6 is 0 Å². The summed E-state index contributed by atoms with van der Waals surface area (Å²) in [5.41, 5.74) is -6.58. The standard InChI is InChI=1S/C38H26/c1-4-13-27(14-5-1)30-19-12-20-32(25-30)38-34-22-11-10-21-33(34)37(29-17-8-3-9-18-29)36-26-31(23-24-35(36)38)28-15-6-2-7-16-28/h1-26H/i1D,2D,3D,4D,5D,6D,7D,8D,9D,10D,11D,12D,13D,14D,15D,16D,17D,18D,19D,20D,21D,22D,23D,24D,25D,26D. The molecule has 0 bridgehead atoms. The lowest BCUT2D eigenvalue weighted by Gasteiger charge is -2.19. The predicted molar refractivity (Wildman–Crippen MR) is 163 cm³/mol. The lowest BCUT2D eigenvalue weighted by molar-refractivity contribution is 1.60. The zero-order valence-corrected chi connectivity index (χ0v) is 19.0. The van der Waals surface area contributed by atoms with Crippen LogP contribution in [0.15, 0.2) is 157 Å². The number of benzene rings is 7. The Bertz CT molecular complexity index is 3250. The van der Waals surface area contributed by atoms with Crippen molar-refractivity contribution in [2.24, 2.45) is 0 Å². The third-order valence-corrected chi connectivity index (χ3v) is 5.62. The maximum atomic E-state index is 9.77. The van der Waals surface area contributed by atoms with Gasteiger partial charge in [-0.2, -0.15) is 0 Å². The van der Waals surface area contributed by atoms with Gasteiger partial charge in [0.15, 0.2) is 0 Å². The average Bonchev–Trinajstić information content (AvgIpc) is 3.26. The molecule has 0 saturated carbocycles. The third-order valence-electron chi connectivity index (χ3n) is 5.62. The lowest BCUT2D eigenvalue weighted by Crippen LogP contribution is -1.92. The third kappa shape index (κ3) is 3.88. The van der Waals surface area contributed by atoms with E-state index in [-0.39, 0.29) is 0 Å². The first-order chi connectivity index (χ1) is 29.7. The molecule has 0 spiro atoms. The Hall–Kier alpha value is -4.94. The van der Waals surface area contributed by atoms with E-state index < -0.39 is 223 Å². The van der Waals surface area contributed by atoms with Crippen molar-refractivity contribution in [3.05, 3.63) is 157 Å². The van der Waals surface area contributed by atoms with Crippen LogP contribution in [-0.4, -0.2) is 0 Å². The highest BCUT2D eigenvalue weighted by Gasteiger charge is 2.17. The van der Waals surface area contributed by atoms with Crippen LogP contribution in [-0.2, 0) is 0 Å². The molecule has 0 unspecified atom stereocenters. The average molecular weight is 509 g/mol. The van der Waals surface area contributed by atoms with Gasteiger partial charge in [-0.15, -0.1) is 0 Å². The molecule has 178 valence electrons. The van der Waals surface area contributed by atoms with Crippen LogP contribution < -0.4 is 0 Å². The molecule has 0 aliphatic heterocycles. The summed E-state index contributed by atoms with van der Waals surface area (Å²) in [5, 5.41) is -3.15. The summed E-state index contributed by atoms with van der Waals surface area (Å²) in [5.74, 6) is 0. The van der Waals surface area contributed by atoms with Gasteiger partial charge in [0.05, 0.1) is 35.6 Å². The summed E-state index contributed by atoms with van der Waals surface area (Å²) in [6.07, 6.45) is 0. The van der Waals surface area contributed by atoms with E-state index in [2.05, 4.69) is 0 Å². The first kappa shape index (κ1) is 8.03. The van der Waals surface area contributed by atoms with Crippen molar-refractivity contribution in [1.82, 2.24) is 0 Å². The molecule has 0 N–H and O–H groups in total. The van der Waals surface area contributed by atoms with Gasteiger partial charge in [-0.3, -0.25) is 0 Å². The molecule has 0 radical (unpaired) electrons. The lowest BCUT2D eigenvalue weighted by atomic mass is 9.84. The molecule has 7 aromatic rings. The highest BCUT2D eigenvalue weighted by Crippen LogP contribution is 2.45. The minimum absolute atomic E-state index is 0.767. The van der Waals surface area contributed by atoms with Gasteiger partial charge in [-0.25, -0.2) is 0 Å². The first-order valence-corrected chi connectivity index (χ1v) is 11.0. The molecule has 38 heavy (non-hydrogen) atoms. The van der Waals surface area contributed by atoms with E-state index in [1.165, 1.54) is 0 Å². The van der Waals surface area contributed by atoms with E-state index in [4.69, 9.17) is 26.0 Å². The molecule has 0 aliphatic carbocycles. The quantitative estimate of drug-likeness (QED) is 0.207. The maximum absolute atomic E-state index is 9.77. The monoisotopic (exact) mass is 508 g/mol. The van der Waals surface area contributed by atoms with Crippen molar-refractivity contribution in [2.75, 3.05) is 0 Å². The zero-order valence-electron chi connectivity index (χ0n) is 45.0. The molecular formula is C38H26. The van der Waals surface area contributed by atoms with Gasteiger partial charge in [0.1, 0.15) is 0 Å². The van der Waals surface area contributed by atoms with Crippen LogP contribution in [0.2, 0.25) is 0 Å². The van der Waals surface area contributed by atoms with Crippen molar-refractivity contribution in [2.45, 2.75) is 0 Å². The summed E-state index contributed by atoms with van der Waals surface area (Å²) >= 11 is 0.